The van der Waals surface area contributed by atoms with Gasteiger partial charge in [0.25, 0.3) is 0 Å². The third-order valence-corrected chi connectivity index (χ3v) is 8.54. The van der Waals surface area contributed by atoms with E-state index in [1.54, 1.807) is 28.6 Å². The van der Waals surface area contributed by atoms with E-state index < -0.39 is 0 Å². The molecule has 0 fully saturated rings. The van der Waals surface area contributed by atoms with Gasteiger partial charge in [0, 0.05) is 34.0 Å². The largest absolute Gasteiger partial charge is 0.507 e. The van der Waals surface area contributed by atoms with Gasteiger partial charge in [0.2, 0.25) is 0 Å². The van der Waals surface area contributed by atoms with E-state index in [2.05, 4.69) is 60.7 Å². The zero-order valence-electron chi connectivity index (χ0n) is 25.7. The minimum atomic E-state index is -0.318. The maximum absolute atomic E-state index is 13.2. The number of nitrogens with one attached hydrogen (secondary N) is 2. The fraction of sp³-hybridized carbons (Fsp3) is 0.200. The molecule has 0 spiro atoms. The van der Waals surface area contributed by atoms with Crippen molar-refractivity contribution in [1.29, 1.82) is 0 Å². The summed E-state index contributed by atoms with van der Waals surface area (Å²) < 4.78 is 3.67. The zero-order chi connectivity index (χ0) is 31.6. The van der Waals surface area contributed by atoms with E-state index in [4.69, 9.17) is 5.10 Å². The van der Waals surface area contributed by atoms with Gasteiger partial charge in [-0.15, -0.1) is 10.2 Å². The molecule has 0 bridgehead atoms. The van der Waals surface area contributed by atoms with E-state index in [-0.39, 0.29) is 17.2 Å². The van der Waals surface area contributed by atoms with E-state index in [1.165, 1.54) is 5.56 Å². The topological polar surface area (TPSA) is 109 Å². The molecule has 45 heavy (non-hydrogen) atoms. The highest BCUT2D eigenvalue weighted by molar-refractivity contribution is 7.99. The number of pyridine rings is 1. The monoisotopic (exact) mass is 617 g/mol. The molecule has 0 atom stereocenters. The van der Waals surface area contributed by atoms with E-state index in [0.717, 1.165) is 33.2 Å². The number of hydrogen-bond donors (Lipinski definition) is 3. The number of phenolic OH excluding ortho intramolecular Hbond substituents is 1. The van der Waals surface area contributed by atoms with Crippen molar-refractivity contribution in [3.05, 3.63) is 114 Å². The quantitative estimate of drug-likeness (QED) is 0.162. The van der Waals surface area contributed by atoms with Crippen LogP contribution in [0.25, 0.3) is 22.7 Å². The van der Waals surface area contributed by atoms with Gasteiger partial charge in [-0.25, -0.2) is 9.48 Å². The van der Waals surface area contributed by atoms with Crippen molar-refractivity contribution in [3.8, 4) is 22.8 Å². The summed E-state index contributed by atoms with van der Waals surface area (Å²) >= 11 is 1.58. The molecule has 3 N–H and O–H groups in total. The second-order valence-corrected chi connectivity index (χ2v) is 12.9. The molecule has 228 valence electrons. The third kappa shape index (κ3) is 6.56. The lowest BCUT2D eigenvalue weighted by Gasteiger charge is -2.14. The van der Waals surface area contributed by atoms with Crippen LogP contribution >= 0.6 is 11.8 Å². The summed E-state index contributed by atoms with van der Waals surface area (Å²) in [6, 6.07) is 28.8. The van der Waals surface area contributed by atoms with Crippen molar-refractivity contribution in [2.24, 2.45) is 0 Å². The van der Waals surface area contributed by atoms with Crippen molar-refractivity contribution in [1.82, 2.24) is 29.7 Å². The minimum absolute atomic E-state index is 0.145. The molecule has 6 aromatic rings. The van der Waals surface area contributed by atoms with Crippen molar-refractivity contribution < 1.29 is 9.90 Å². The number of amides is 2. The molecule has 10 heteroatoms. The SMILES string of the molecule is CCc1cccc(-n2nc(C(C)(C)C)cc2NC(=O)NCc2ccccc2Sc2ccc3nnc(-c4ccccc4O)n3c2)c1. The molecular formula is C35H35N7O2S. The molecule has 2 amide bonds. The predicted octanol–water partition coefficient (Wildman–Crippen LogP) is 7.62. The summed E-state index contributed by atoms with van der Waals surface area (Å²) in [4.78, 5) is 15.2. The highest BCUT2D eigenvalue weighted by Crippen LogP contribution is 2.33. The Balaban J connectivity index is 1.20. The number of benzene rings is 3. The fourth-order valence-electron chi connectivity index (χ4n) is 4.93. The highest BCUT2D eigenvalue weighted by atomic mass is 32.2. The van der Waals surface area contributed by atoms with Crippen LogP contribution in [0.15, 0.2) is 107 Å². The Hall–Kier alpha value is -5.09. The van der Waals surface area contributed by atoms with Gasteiger partial charge >= 0.3 is 6.03 Å². The summed E-state index contributed by atoms with van der Waals surface area (Å²) in [5, 5.41) is 29.9. The lowest BCUT2D eigenvalue weighted by molar-refractivity contribution is 0.251. The molecule has 0 unspecified atom stereocenters. The standard InChI is InChI=1S/C35H35N7O2S/c1-5-23-11-10-13-25(19-23)42-32(20-30(40-42)35(2,3)4)37-34(44)36-21-24-12-6-9-16-29(24)45-26-17-18-31-38-39-33(41(31)22-26)27-14-7-8-15-28(27)43/h6-20,22,43H,5,21H2,1-4H3,(H2,36,37,44). The van der Waals surface area contributed by atoms with E-state index in [1.807, 2.05) is 77.3 Å². The van der Waals surface area contributed by atoms with Crippen molar-refractivity contribution in [2.75, 3.05) is 5.32 Å². The van der Waals surface area contributed by atoms with Crippen molar-refractivity contribution in [2.45, 2.75) is 55.9 Å². The summed E-state index contributed by atoms with van der Waals surface area (Å²) in [5.74, 6) is 1.31. The molecule has 0 aliphatic carbocycles. The summed E-state index contributed by atoms with van der Waals surface area (Å²) in [5.41, 5.74) is 5.06. The van der Waals surface area contributed by atoms with Crippen molar-refractivity contribution >= 4 is 29.3 Å². The van der Waals surface area contributed by atoms with Crippen LogP contribution in [0.5, 0.6) is 5.75 Å². The van der Waals surface area contributed by atoms with Crippen molar-refractivity contribution in [3.63, 3.8) is 0 Å². The lowest BCUT2D eigenvalue weighted by Crippen LogP contribution is -2.29. The average molecular weight is 618 g/mol. The molecule has 3 aromatic heterocycles. The number of urea groups is 1. The lowest BCUT2D eigenvalue weighted by atomic mass is 9.92. The van der Waals surface area contributed by atoms with Gasteiger partial charge in [-0.3, -0.25) is 9.72 Å². The Morgan fingerprint density at radius 2 is 1.73 bits per heavy atom. The molecule has 6 rings (SSSR count). The van der Waals surface area contributed by atoms with Gasteiger partial charge in [0.05, 0.1) is 16.9 Å². The Labute approximate surface area is 266 Å². The van der Waals surface area contributed by atoms with Crippen LogP contribution in [0.3, 0.4) is 0 Å². The Bertz CT molecular complexity index is 1990. The smallest absolute Gasteiger partial charge is 0.320 e. The number of phenols is 1. The Morgan fingerprint density at radius 3 is 2.53 bits per heavy atom. The van der Waals surface area contributed by atoms with Crippen LogP contribution in [-0.4, -0.2) is 35.5 Å². The Kier molecular flexibility index (Phi) is 8.32. The molecule has 0 saturated heterocycles. The predicted molar refractivity (Wildman–Crippen MR) is 178 cm³/mol. The van der Waals surface area contributed by atoms with Crippen LogP contribution in [-0.2, 0) is 18.4 Å². The summed E-state index contributed by atoms with van der Waals surface area (Å²) in [6.07, 6.45) is 2.87. The molecule has 9 nitrogen and oxygen atoms in total. The first-order valence-corrected chi connectivity index (χ1v) is 15.6. The maximum atomic E-state index is 13.2. The van der Waals surface area contributed by atoms with Gasteiger partial charge in [0.1, 0.15) is 11.6 Å². The number of rotatable bonds is 8. The number of aromatic nitrogens is 5. The highest BCUT2D eigenvalue weighted by Gasteiger charge is 2.22. The zero-order valence-corrected chi connectivity index (χ0v) is 26.5. The van der Waals surface area contributed by atoms with Crippen LogP contribution in [0, 0.1) is 0 Å². The summed E-state index contributed by atoms with van der Waals surface area (Å²) in [6.45, 7) is 8.76. The number of para-hydroxylation sites is 1. The molecule has 3 aromatic carbocycles. The second-order valence-electron chi connectivity index (χ2n) is 11.8. The van der Waals surface area contributed by atoms with Crippen LogP contribution in [0.4, 0.5) is 10.6 Å². The number of carbonyl (C=O) groups excluding carboxylic acids is 1. The van der Waals surface area contributed by atoms with Gasteiger partial charge in [0.15, 0.2) is 11.5 Å². The Morgan fingerprint density at radius 1 is 0.933 bits per heavy atom. The maximum Gasteiger partial charge on any atom is 0.320 e. The molecule has 0 aliphatic rings. The molecule has 0 saturated carbocycles. The number of fused-ring (bicyclic) bond motifs is 1. The van der Waals surface area contributed by atoms with Gasteiger partial charge in [-0.2, -0.15) is 5.10 Å². The number of carbonyl (C=O) groups is 1. The first-order chi connectivity index (χ1) is 21.7. The molecule has 3 heterocycles. The van der Waals surface area contributed by atoms with Gasteiger partial charge in [-0.05, 0) is 60.0 Å². The number of nitrogens with zero attached hydrogens (tertiary/aromatic N) is 5. The normalized spacial score (nSPS) is 11.6. The minimum Gasteiger partial charge on any atom is -0.507 e. The number of aromatic hydroxyl groups is 1. The number of aryl methyl sites for hydroxylation is 1. The number of hydrogen-bond acceptors (Lipinski definition) is 6. The summed E-state index contributed by atoms with van der Waals surface area (Å²) in [7, 11) is 0. The fourth-order valence-corrected chi connectivity index (χ4v) is 5.90. The third-order valence-electron chi connectivity index (χ3n) is 7.44. The van der Waals surface area contributed by atoms with E-state index in [9.17, 15) is 9.90 Å². The first-order valence-electron chi connectivity index (χ1n) is 14.8. The van der Waals surface area contributed by atoms with Gasteiger partial charge < -0.3 is 10.4 Å². The van der Waals surface area contributed by atoms with Crippen LogP contribution in [0.2, 0.25) is 0 Å². The van der Waals surface area contributed by atoms with E-state index in [0.29, 0.717) is 29.4 Å². The molecular weight excluding hydrogens is 582 g/mol. The number of anilines is 1. The molecule has 0 radical (unpaired) electrons. The molecule has 0 aliphatic heterocycles. The van der Waals surface area contributed by atoms with Crippen LogP contribution < -0.4 is 10.6 Å². The van der Waals surface area contributed by atoms with Gasteiger partial charge in [-0.1, -0.05) is 81.9 Å². The first kappa shape index (κ1) is 30.0. The van der Waals surface area contributed by atoms with E-state index >= 15 is 0 Å². The van der Waals surface area contributed by atoms with Crippen LogP contribution in [0.1, 0.15) is 44.5 Å². The second kappa shape index (κ2) is 12.5. The average Bonchev–Trinajstić information content (AvgIpc) is 3.65.